The van der Waals surface area contributed by atoms with E-state index in [0.717, 1.165) is 6.42 Å². The van der Waals surface area contributed by atoms with Crippen LogP contribution in [0.4, 0.5) is 17.1 Å². The van der Waals surface area contributed by atoms with Gasteiger partial charge in [0.05, 0.1) is 24.2 Å². The summed E-state index contributed by atoms with van der Waals surface area (Å²) in [6.45, 7) is 0. The van der Waals surface area contributed by atoms with Crippen LogP contribution < -0.4 is 21.1 Å². The molecule has 0 saturated carbocycles. The molecule has 2 amide bonds. The van der Waals surface area contributed by atoms with Crippen molar-refractivity contribution in [3.05, 3.63) is 48.5 Å². The standard InChI is InChI=1S/C20H25N3O3/c1-26-18-12-8-7-11-17(18)23(16-10-6-5-9-15(16)21)20(25)14-4-2-3-13-19(22)24/h5-12H,2-4,13-14,21H2,1H3,(H2,22,24). The quantitative estimate of drug-likeness (QED) is 0.532. The highest BCUT2D eigenvalue weighted by Crippen LogP contribution is 2.37. The van der Waals surface area contributed by atoms with Gasteiger partial charge < -0.3 is 16.2 Å². The lowest BCUT2D eigenvalue weighted by atomic mass is 10.1. The third-order valence-electron chi connectivity index (χ3n) is 4.07. The minimum absolute atomic E-state index is 0.0773. The molecule has 0 aliphatic carbocycles. The SMILES string of the molecule is COc1ccccc1N(C(=O)CCCCCC(N)=O)c1ccccc1N. The van der Waals surface area contributed by atoms with Crippen LogP contribution in [0.25, 0.3) is 0 Å². The summed E-state index contributed by atoms with van der Waals surface area (Å²) in [6.07, 6.45) is 2.80. The van der Waals surface area contributed by atoms with E-state index in [4.69, 9.17) is 16.2 Å². The average Bonchev–Trinajstić information content (AvgIpc) is 2.63. The minimum atomic E-state index is -0.316. The molecule has 6 nitrogen and oxygen atoms in total. The zero-order valence-corrected chi connectivity index (χ0v) is 15.0. The molecule has 0 bridgehead atoms. The summed E-state index contributed by atoms with van der Waals surface area (Å²) in [5, 5.41) is 0. The van der Waals surface area contributed by atoms with Crippen LogP contribution in [-0.4, -0.2) is 18.9 Å². The molecule has 0 aromatic heterocycles. The summed E-state index contributed by atoms with van der Waals surface area (Å²) in [6, 6.07) is 14.6. The number of carbonyl (C=O) groups excluding carboxylic acids is 2. The summed E-state index contributed by atoms with van der Waals surface area (Å²) >= 11 is 0. The van der Waals surface area contributed by atoms with Gasteiger partial charge in [0.15, 0.2) is 0 Å². The fourth-order valence-electron chi connectivity index (χ4n) is 2.77. The molecule has 0 fully saturated rings. The molecule has 2 rings (SSSR count). The number of anilines is 3. The van der Waals surface area contributed by atoms with E-state index < -0.39 is 0 Å². The van der Waals surface area contributed by atoms with Gasteiger partial charge in [-0.1, -0.05) is 30.7 Å². The number of nitrogen functional groups attached to an aromatic ring is 1. The Balaban J connectivity index is 2.23. The Labute approximate surface area is 153 Å². The van der Waals surface area contributed by atoms with E-state index in [0.29, 0.717) is 48.5 Å². The van der Waals surface area contributed by atoms with Gasteiger partial charge in [0.25, 0.3) is 0 Å². The number of para-hydroxylation sites is 4. The van der Waals surface area contributed by atoms with E-state index in [-0.39, 0.29) is 11.8 Å². The average molecular weight is 355 g/mol. The second-order valence-electron chi connectivity index (χ2n) is 5.99. The molecular weight excluding hydrogens is 330 g/mol. The normalized spacial score (nSPS) is 10.3. The number of methoxy groups -OCH3 is 1. The van der Waals surface area contributed by atoms with Crippen molar-refractivity contribution in [3.8, 4) is 5.75 Å². The third kappa shape index (κ3) is 4.99. The van der Waals surface area contributed by atoms with Gasteiger partial charge in [-0.25, -0.2) is 0 Å². The molecule has 0 unspecified atom stereocenters. The first-order valence-electron chi connectivity index (χ1n) is 8.63. The Kier molecular flexibility index (Phi) is 7.02. The molecule has 26 heavy (non-hydrogen) atoms. The van der Waals surface area contributed by atoms with Crippen LogP contribution in [0, 0.1) is 0 Å². The highest BCUT2D eigenvalue weighted by atomic mass is 16.5. The van der Waals surface area contributed by atoms with Crippen molar-refractivity contribution in [1.82, 2.24) is 0 Å². The number of ether oxygens (including phenoxy) is 1. The molecule has 4 N–H and O–H groups in total. The summed E-state index contributed by atoms with van der Waals surface area (Å²) in [4.78, 5) is 25.4. The van der Waals surface area contributed by atoms with Crippen molar-refractivity contribution in [2.75, 3.05) is 17.7 Å². The van der Waals surface area contributed by atoms with Gasteiger partial charge in [-0.15, -0.1) is 0 Å². The molecule has 0 radical (unpaired) electrons. The maximum atomic E-state index is 13.0. The fraction of sp³-hybridized carbons (Fsp3) is 0.300. The molecule has 6 heteroatoms. The Morgan fingerprint density at radius 2 is 1.54 bits per heavy atom. The largest absolute Gasteiger partial charge is 0.495 e. The van der Waals surface area contributed by atoms with Gasteiger partial charge in [-0.3, -0.25) is 14.5 Å². The zero-order valence-electron chi connectivity index (χ0n) is 15.0. The first-order chi connectivity index (χ1) is 12.5. The number of rotatable bonds is 9. The molecule has 0 aliphatic heterocycles. The number of hydrogen-bond donors (Lipinski definition) is 2. The number of benzene rings is 2. The number of unbranched alkanes of at least 4 members (excludes halogenated alkanes) is 2. The topological polar surface area (TPSA) is 98.6 Å². The lowest BCUT2D eigenvalue weighted by Gasteiger charge is -2.26. The number of primary amides is 1. The first kappa shape index (κ1) is 19.3. The lowest BCUT2D eigenvalue weighted by molar-refractivity contribution is -0.118. The molecule has 0 aliphatic rings. The zero-order chi connectivity index (χ0) is 18.9. The number of carbonyl (C=O) groups is 2. The van der Waals surface area contributed by atoms with Gasteiger partial charge in [0, 0.05) is 12.8 Å². The van der Waals surface area contributed by atoms with Gasteiger partial charge in [0.1, 0.15) is 5.75 Å². The van der Waals surface area contributed by atoms with Crippen molar-refractivity contribution < 1.29 is 14.3 Å². The lowest BCUT2D eigenvalue weighted by Crippen LogP contribution is -2.27. The fourth-order valence-corrected chi connectivity index (χ4v) is 2.77. The van der Waals surface area contributed by atoms with E-state index >= 15 is 0 Å². The number of nitrogens with zero attached hydrogens (tertiary/aromatic N) is 1. The van der Waals surface area contributed by atoms with Gasteiger partial charge in [0.2, 0.25) is 11.8 Å². The van der Waals surface area contributed by atoms with Crippen molar-refractivity contribution in [3.63, 3.8) is 0 Å². The minimum Gasteiger partial charge on any atom is -0.495 e. The molecule has 2 aromatic rings. The Bertz CT molecular complexity index is 761. The number of amides is 2. The molecule has 138 valence electrons. The van der Waals surface area contributed by atoms with Crippen LogP contribution in [-0.2, 0) is 9.59 Å². The number of hydrogen-bond acceptors (Lipinski definition) is 4. The number of nitrogens with two attached hydrogens (primary N) is 2. The van der Waals surface area contributed by atoms with Gasteiger partial charge in [-0.05, 0) is 37.1 Å². The molecule has 0 spiro atoms. The molecular formula is C20H25N3O3. The maximum Gasteiger partial charge on any atom is 0.231 e. The molecule has 2 aromatic carbocycles. The van der Waals surface area contributed by atoms with Crippen LogP contribution in [0.1, 0.15) is 32.1 Å². The second-order valence-corrected chi connectivity index (χ2v) is 5.99. The monoisotopic (exact) mass is 355 g/mol. The predicted molar refractivity (Wildman–Crippen MR) is 103 cm³/mol. The summed E-state index contributed by atoms with van der Waals surface area (Å²) in [7, 11) is 1.57. The van der Waals surface area contributed by atoms with Crippen LogP contribution in [0.15, 0.2) is 48.5 Å². The van der Waals surface area contributed by atoms with Crippen molar-refractivity contribution >= 4 is 28.9 Å². The van der Waals surface area contributed by atoms with E-state index in [1.165, 1.54) is 0 Å². The predicted octanol–water partition coefficient (Wildman–Crippen LogP) is 3.38. The molecule has 0 heterocycles. The summed E-state index contributed by atoms with van der Waals surface area (Å²) < 4.78 is 5.42. The van der Waals surface area contributed by atoms with Crippen molar-refractivity contribution in [2.24, 2.45) is 5.73 Å². The van der Waals surface area contributed by atoms with E-state index in [2.05, 4.69) is 0 Å². The second kappa shape index (κ2) is 9.46. The van der Waals surface area contributed by atoms with Crippen LogP contribution in [0.3, 0.4) is 0 Å². The van der Waals surface area contributed by atoms with Crippen LogP contribution >= 0.6 is 0 Å². The van der Waals surface area contributed by atoms with E-state index in [1.807, 2.05) is 42.5 Å². The highest BCUT2D eigenvalue weighted by molar-refractivity contribution is 6.04. The third-order valence-corrected chi connectivity index (χ3v) is 4.07. The van der Waals surface area contributed by atoms with Crippen molar-refractivity contribution in [2.45, 2.75) is 32.1 Å². The van der Waals surface area contributed by atoms with E-state index in [1.54, 1.807) is 18.1 Å². The first-order valence-corrected chi connectivity index (χ1v) is 8.63. The van der Waals surface area contributed by atoms with Crippen molar-refractivity contribution in [1.29, 1.82) is 0 Å². The Morgan fingerprint density at radius 3 is 2.19 bits per heavy atom. The maximum absolute atomic E-state index is 13.0. The Hall–Kier alpha value is -3.02. The molecule has 0 saturated heterocycles. The summed E-state index contributed by atoms with van der Waals surface area (Å²) in [5.74, 6) is 0.202. The highest BCUT2D eigenvalue weighted by Gasteiger charge is 2.22. The van der Waals surface area contributed by atoms with Gasteiger partial charge in [-0.2, -0.15) is 0 Å². The Morgan fingerprint density at radius 1 is 0.923 bits per heavy atom. The van der Waals surface area contributed by atoms with Crippen LogP contribution in [0.5, 0.6) is 5.75 Å². The van der Waals surface area contributed by atoms with E-state index in [9.17, 15) is 9.59 Å². The summed E-state index contributed by atoms with van der Waals surface area (Å²) in [5.41, 5.74) is 13.0. The van der Waals surface area contributed by atoms with Gasteiger partial charge >= 0.3 is 0 Å². The smallest absolute Gasteiger partial charge is 0.231 e. The molecule has 0 atom stereocenters. The van der Waals surface area contributed by atoms with Crippen LogP contribution in [0.2, 0.25) is 0 Å².